The van der Waals surface area contributed by atoms with E-state index in [1.54, 1.807) is 11.8 Å². The minimum absolute atomic E-state index is 0.221. The second kappa shape index (κ2) is 5.61. The van der Waals surface area contributed by atoms with E-state index in [9.17, 15) is 4.79 Å². The van der Waals surface area contributed by atoms with Crippen LogP contribution in [0.1, 0.15) is 18.9 Å². The van der Waals surface area contributed by atoms with Crippen molar-refractivity contribution in [3.05, 3.63) is 34.4 Å². The lowest BCUT2D eigenvalue weighted by molar-refractivity contribution is -0.138. The molecule has 0 bridgehead atoms. The number of carbonyl (C=O) groups is 1. The Balaban J connectivity index is 2.35. The molecular formula is C13H13ClO2S. The van der Waals surface area contributed by atoms with Gasteiger partial charge < -0.3 is 4.74 Å². The summed E-state index contributed by atoms with van der Waals surface area (Å²) in [7, 11) is 0. The molecule has 90 valence electrons. The van der Waals surface area contributed by atoms with Gasteiger partial charge in [-0.3, -0.25) is 0 Å². The molecule has 4 heteroatoms. The smallest absolute Gasteiger partial charge is 0.334 e. The molecule has 1 aromatic carbocycles. The highest BCUT2D eigenvalue weighted by atomic mass is 35.5. The first-order chi connectivity index (χ1) is 8.22. The van der Waals surface area contributed by atoms with Crippen LogP contribution in [0.2, 0.25) is 5.02 Å². The van der Waals surface area contributed by atoms with Crippen LogP contribution < -0.4 is 0 Å². The van der Waals surface area contributed by atoms with E-state index in [4.69, 9.17) is 16.3 Å². The Morgan fingerprint density at radius 1 is 1.53 bits per heavy atom. The first-order valence-corrected chi connectivity index (χ1v) is 6.87. The zero-order valence-corrected chi connectivity index (χ0v) is 11.1. The third-order valence-corrected chi connectivity index (χ3v) is 4.06. The van der Waals surface area contributed by atoms with Gasteiger partial charge in [-0.05, 0) is 31.1 Å². The van der Waals surface area contributed by atoms with Gasteiger partial charge in [0.15, 0.2) is 0 Å². The third kappa shape index (κ3) is 2.85. The van der Waals surface area contributed by atoms with E-state index in [0.717, 1.165) is 26.8 Å². The standard InChI is InChI=1S/C13H13ClO2S/c1-2-16-13(15)10-6-7-17-12-9(8-10)4-3-5-11(12)14/h3-5,8H,2,6-7H2,1H3. The fourth-order valence-electron chi connectivity index (χ4n) is 1.70. The average molecular weight is 269 g/mol. The number of fused-ring (bicyclic) bond motifs is 1. The Bertz CT molecular complexity index is 468. The highest BCUT2D eigenvalue weighted by Gasteiger charge is 2.17. The summed E-state index contributed by atoms with van der Waals surface area (Å²) in [4.78, 5) is 12.8. The summed E-state index contributed by atoms with van der Waals surface area (Å²) in [6.45, 7) is 2.22. The number of benzene rings is 1. The number of halogens is 1. The first-order valence-electron chi connectivity index (χ1n) is 5.51. The maximum Gasteiger partial charge on any atom is 0.334 e. The highest BCUT2D eigenvalue weighted by molar-refractivity contribution is 7.99. The fourth-order valence-corrected chi connectivity index (χ4v) is 3.07. The van der Waals surface area contributed by atoms with Crippen molar-refractivity contribution in [2.45, 2.75) is 18.2 Å². The van der Waals surface area contributed by atoms with E-state index in [2.05, 4.69) is 0 Å². The number of thioether (sulfide) groups is 1. The molecular weight excluding hydrogens is 256 g/mol. The molecule has 1 aliphatic rings. The molecule has 0 atom stereocenters. The van der Waals surface area contributed by atoms with Crippen LogP contribution in [0, 0.1) is 0 Å². The van der Waals surface area contributed by atoms with Crippen LogP contribution in [-0.2, 0) is 9.53 Å². The van der Waals surface area contributed by atoms with Crippen molar-refractivity contribution < 1.29 is 9.53 Å². The van der Waals surface area contributed by atoms with Gasteiger partial charge in [0.2, 0.25) is 0 Å². The van der Waals surface area contributed by atoms with Crippen molar-refractivity contribution in [2.75, 3.05) is 12.4 Å². The second-order valence-corrected chi connectivity index (χ2v) is 5.16. The van der Waals surface area contributed by atoms with Crippen molar-refractivity contribution >= 4 is 35.4 Å². The summed E-state index contributed by atoms with van der Waals surface area (Å²) in [6.07, 6.45) is 2.60. The second-order valence-electron chi connectivity index (χ2n) is 3.65. The van der Waals surface area contributed by atoms with Crippen molar-refractivity contribution in [3.8, 4) is 0 Å². The quantitative estimate of drug-likeness (QED) is 0.764. The maximum absolute atomic E-state index is 11.7. The molecule has 2 nitrogen and oxygen atoms in total. The molecule has 0 aromatic heterocycles. The van der Waals surface area contributed by atoms with Crippen LogP contribution >= 0.6 is 23.4 Å². The monoisotopic (exact) mass is 268 g/mol. The van der Waals surface area contributed by atoms with Crippen LogP contribution in [0.4, 0.5) is 0 Å². The molecule has 0 fully saturated rings. The predicted octanol–water partition coefficient (Wildman–Crippen LogP) is 3.78. The molecule has 0 unspecified atom stereocenters. The topological polar surface area (TPSA) is 26.3 Å². The molecule has 0 N–H and O–H groups in total. The first kappa shape index (κ1) is 12.5. The predicted molar refractivity (Wildman–Crippen MR) is 71.4 cm³/mol. The van der Waals surface area contributed by atoms with Crippen LogP contribution in [-0.4, -0.2) is 18.3 Å². The van der Waals surface area contributed by atoms with E-state index in [1.165, 1.54) is 0 Å². The average Bonchev–Trinajstić information content (AvgIpc) is 2.52. The summed E-state index contributed by atoms with van der Waals surface area (Å²) in [5, 5.41) is 0.744. The molecule has 0 amide bonds. The number of hydrogen-bond acceptors (Lipinski definition) is 3. The van der Waals surface area contributed by atoms with Gasteiger partial charge in [0, 0.05) is 16.2 Å². The normalized spacial score (nSPS) is 14.6. The van der Waals surface area contributed by atoms with Crippen LogP contribution in [0.5, 0.6) is 0 Å². The zero-order chi connectivity index (χ0) is 12.3. The molecule has 0 aliphatic carbocycles. The van der Waals surface area contributed by atoms with Gasteiger partial charge in [0.25, 0.3) is 0 Å². The van der Waals surface area contributed by atoms with Gasteiger partial charge >= 0.3 is 5.97 Å². The SMILES string of the molecule is CCOC(=O)C1=Cc2cccc(Cl)c2SCC1. The third-order valence-electron chi connectivity index (χ3n) is 2.48. The van der Waals surface area contributed by atoms with Crippen molar-refractivity contribution in [1.82, 2.24) is 0 Å². The van der Waals surface area contributed by atoms with Crippen LogP contribution in [0.3, 0.4) is 0 Å². The van der Waals surface area contributed by atoms with E-state index >= 15 is 0 Å². The summed E-state index contributed by atoms with van der Waals surface area (Å²) in [5.41, 5.74) is 1.73. The lowest BCUT2D eigenvalue weighted by Crippen LogP contribution is -2.07. The minimum atomic E-state index is -0.221. The van der Waals surface area contributed by atoms with Gasteiger partial charge in [-0.1, -0.05) is 23.7 Å². The van der Waals surface area contributed by atoms with Gasteiger partial charge in [-0.25, -0.2) is 4.79 Å². The van der Waals surface area contributed by atoms with E-state index < -0.39 is 0 Å². The minimum Gasteiger partial charge on any atom is -0.463 e. The Morgan fingerprint density at radius 3 is 3.12 bits per heavy atom. The number of hydrogen-bond donors (Lipinski definition) is 0. The molecule has 0 saturated carbocycles. The van der Waals surface area contributed by atoms with E-state index in [-0.39, 0.29) is 5.97 Å². The summed E-state index contributed by atoms with van der Waals surface area (Å²) in [5.74, 6) is 0.627. The Kier molecular flexibility index (Phi) is 4.13. The molecule has 1 aromatic rings. The number of rotatable bonds is 2. The van der Waals surface area contributed by atoms with Crippen LogP contribution in [0.15, 0.2) is 28.7 Å². The van der Waals surface area contributed by atoms with Crippen molar-refractivity contribution in [1.29, 1.82) is 0 Å². The van der Waals surface area contributed by atoms with Crippen molar-refractivity contribution in [3.63, 3.8) is 0 Å². The van der Waals surface area contributed by atoms with Gasteiger partial charge in [-0.15, -0.1) is 11.8 Å². The fraction of sp³-hybridized carbons (Fsp3) is 0.308. The molecule has 1 aliphatic heterocycles. The van der Waals surface area contributed by atoms with Gasteiger partial charge in [0.05, 0.1) is 11.6 Å². The maximum atomic E-state index is 11.7. The molecule has 1 heterocycles. The molecule has 17 heavy (non-hydrogen) atoms. The largest absolute Gasteiger partial charge is 0.463 e. The highest BCUT2D eigenvalue weighted by Crippen LogP contribution is 2.35. The summed E-state index contributed by atoms with van der Waals surface area (Å²) >= 11 is 7.82. The molecule has 0 saturated heterocycles. The Hall–Kier alpha value is -0.930. The van der Waals surface area contributed by atoms with Gasteiger partial charge in [-0.2, -0.15) is 0 Å². The van der Waals surface area contributed by atoms with Gasteiger partial charge in [0.1, 0.15) is 0 Å². The van der Waals surface area contributed by atoms with E-state index in [1.807, 2.05) is 31.2 Å². The van der Waals surface area contributed by atoms with Crippen LogP contribution in [0.25, 0.3) is 6.08 Å². The number of carbonyl (C=O) groups excluding carboxylic acids is 1. The molecule has 2 rings (SSSR count). The number of esters is 1. The van der Waals surface area contributed by atoms with Crippen molar-refractivity contribution in [2.24, 2.45) is 0 Å². The lowest BCUT2D eigenvalue weighted by Gasteiger charge is -2.04. The summed E-state index contributed by atoms with van der Waals surface area (Å²) in [6, 6.07) is 5.74. The molecule has 0 radical (unpaired) electrons. The Labute approximate surface area is 110 Å². The van der Waals surface area contributed by atoms with E-state index in [0.29, 0.717) is 13.0 Å². The number of ether oxygens (including phenoxy) is 1. The Morgan fingerprint density at radius 2 is 2.35 bits per heavy atom. The zero-order valence-electron chi connectivity index (χ0n) is 9.53. The summed E-state index contributed by atoms with van der Waals surface area (Å²) < 4.78 is 5.03. The molecule has 0 spiro atoms. The lowest BCUT2D eigenvalue weighted by atomic mass is 10.1.